The summed E-state index contributed by atoms with van der Waals surface area (Å²) in [6, 6.07) is -1.30. The Labute approximate surface area is 613 Å². The number of nitrogens with zero attached hydrogens (tertiary/aromatic N) is 4. The number of carbonyl (C=O) groups excluding carboxylic acids is 2. The largest absolute Gasteiger partial charge is 0.472 e. The predicted octanol–water partition coefficient (Wildman–Crippen LogP) is 4.84. The van der Waals surface area contributed by atoms with Crippen LogP contribution in [-0.2, 0) is 71.2 Å². The zero-order valence-electron chi connectivity index (χ0n) is 66.9. The van der Waals surface area contributed by atoms with E-state index in [1.807, 2.05) is 79.5 Å². The first-order valence-electron chi connectivity index (χ1n) is 37.7. The molecule has 2 bridgehead atoms. The quantitative estimate of drug-likeness (QED) is 0.105. The van der Waals surface area contributed by atoms with Crippen molar-refractivity contribution in [3.8, 4) is 0 Å². The number of aliphatic imine (C=N–C) groups is 2. The van der Waals surface area contributed by atoms with Crippen molar-refractivity contribution >= 4 is 23.5 Å². The zero-order valence-corrected chi connectivity index (χ0v) is 66.9. The highest BCUT2D eigenvalue weighted by molar-refractivity contribution is 5.85. The minimum Gasteiger partial charge on any atom is -0.472 e. The SMILES string of the molecule is CC[C@H]1OC(=O)[C@H](C)[C@@H](O[C@H]2C[C@@](C)(OC)[C@@H](O)[C@H](C)O2)[C@H](C)[C@@H](O[C@@H]2O[C@H](C)C[C@H](N(C)C)[C@H]2O)[C@@]2(C)C[C@@H](C)N=C(O2)[C@H](C)[C@@H](O)[C@]1(C)O.CC[C@H]1OC(=O)[C@H](C)[C@@H](O[C@H]2C[C@@](C)(OC)[C@@H](O)[C@H](C)O2)[C@H](C)[C@@H](O[C@@H]2O[C@H](C)C[C@H](N(C)C)[C@H]2O)[C@](C)(O)C[C@@H](C)N=C(C)[C@H](C)[C@@H](O)[C@]1(C)O. The lowest BCUT2D eigenvalue weighted by Gasteiger charge is -2.50. The van der Waals surface area contributed by atoms with E-state index in [2.05, 4.69) is 0 Å². The number of aliphatic hydroxyl groups excluding tert-OH is 6. The fourth-order valence-corrected chi connectivity index (χ4v) is 17.1. The van der Waals surface area contributed by atoms with Crippen LogP contribution < -0.4 is 0 Å². The second kappa shape index (κ2) is 35.5. The number of rotatable bonds is 14. The molecule has 103 heavy (non-hydrogen) atoms. The number of cyclic esters (lactones) is 2. The van der Waals surface area contributed by atoms with Gasteiger partial charge in [-0.2, -0.15) is 0 Å². The van der Waals surface area contributed by atoms with Gasteiger partial charge >= 0.3 is 11.9 Å². The molecule has 0 spiro atoms. The number of carbonyl (C=O) groups is 2. The minimum atomic E-state index is -1.87. The molecule has 0 saturated carbocycles. The van der Waals surface area contributed by atoms with Gasteiger partial charge in [0, 0.05) is 81.5 Å². The maximum atomic E-state index is 14.2. The first kappa shape index (κ1) is 89.1. The average Bonchev–Trinajstić information content (AvgIpc) is 1.60. The number of likely N-dealkylation sites (N-methyl/N-ethyl adjacent to an activating group) is 2. The van der Waals surface area contributed by atoms with E-state index in [0.717, 1.165) is 0 Å². The van der Waals surface area contributed by atoms with Crippen LogP contribution in [0.15, 0.2) is 9.98 Å². The number of ether oxygens (including phenoxy) is 13. The van der Waals surface area contributed by atoms with Crippen molar-refractivity contribution in [3.63, 3.8) is 0 Å². The van der Waals surface area contributed by atoms with Gasteiger partial charge < -0.3 is 117 Å². The van der Waals surface area contributed by atoms with Gasteiger partial charge in [0.05, 0.1) is 95.5 Å². The number of aliphatic hydroxyl groups is 9. The predicted molar refractivity (Wildman–Crippen MR) is 383 cm³/mol. The maximum absolute atomic E-state index is 14.2. The van der Waals surface area contributed by atoms with Gasteiger partial charge in [-0.3, -0.25) is 19.6 Å². The third-order valence-electron chi connectivity index (χ3n) is 23.9. The molecule has 0 aromatic carbocycles. The molecule has 7 aliphatic heterocycles. The molecule has 0 aromatic rings. The number of fused-ring (bicyclic) bond motifs is 2. The summed E-state index contributed by atoms with van der Waals surface area (Å²) in [7, 11) is 10.6. The summed E-state index contributed by atoms with van der Waals surface area (Å²) in [6.45, 7) is 36.8. The topological polar surface area (TPSA) is 367 Å². The summed E-state index contributed by atoms with van der Waals surface area (Å²) in [6.07, 6.45) is -16.4. The van der Waals surface area contributed by atoms with Crippen molar-refractivity contribution in [2.45, 2.75) is 377 Å². The highest BCUT2D eigenvalue weighted by Gasteiger charge is 2.58. The Morgan fingerprint density at radius 2 is 0.874 bits per heavy atom. The van der Waals surface area contributed by atoms with Crippen molar-refractivity contribution in [2.75, 3.05) is 42.4 Å². The minimum absolute atomic E-state index is 0.0854. The van der Waals surface area contributed by atoms with E-state index >= 15 is 0 Å². The molecule has 0 amide bonds. The molecule has 5 fully saturated rings. The number of methoxy groups -OCH3 is 2. The molecule has 7 heterocycles. The van der Waals surface area contributed by atoms with Crippen LogP contribution in [0.5, 0.6) is 0 Å². The molecule has 7 aliphatic rings. The lowest BCUT2D eigenvalue weighted by molar-refractivity contribution is -0.317. The van der Waals surface area contributed by atoms with E-state index in [1.165, 1.54) is 28.1 Å². The number of esters is 2. The zero-order chi connectivity index (χ0) is 78.0. The first-order chi connectivity index (χ1) is 47.5. The van der Waals surface area contributed by atoms with Crippen molar-refractivity contribution in [1.29, 1.82) is 0 Å². The highest BCUT2D eigenvalue weighted by Crippen LogP contribution is 2.45. The van der Waals surface area contributed by atoms with Crippen LogP contribution in [0.3, 0.4) is 0 Å². The number of hydrogen-bond donors (Lipinski definition) is 9. The normalized spacial score (nSPS) is 49.7. The highest BCUT2D eigenvalue weighted by atomic mass is 16.7. The summed E-state index contributed by atoms with van der Waals surface area (Å²) >= 11 is 0. The van der Waals surface area contributed by atoms with E-state index in [1.54, 1.807) is 90.0 Å². The molecule has 0 aliphatic carbocycles. The molecule has 5 saturated heterocycles. The first-order valence-corrected chi connectivity index (χ1v) is 37.7. The van der Waals surface area contributed by atoms with Crippen molar-refractivity contribution < 1.29 is 117 Å². The van der Waals surface area contributed by atoms with E-state index in [-0.39, 0.29) is 68.3 Å². The summed E-state index contributed by atoms with van der Waals surface area (Å²) in [5, 5.41) is 104. The molecule has 7 rings (SSSR count). The Bertz CT molecular complexity index is 2780. The third-order valence-corrected chi connectivity index (χ3v) is 23.9. The van der Waals surface area contributed by atoms with Crippen molar-refractivity contribution in [2.24, 2.45) is 45.5 Å². The average molecular weight is 1480 g/mol. The van der Waals surface area contributed by atoms with Crippen LogP contribution >= 0.6 is 0 Å². The fourth-order valence-electron chi connectivity index (χ4n) is 17.1. The molecule has 0 aromatic heterocycles. The lowest BCUT2D eigenvalue weighted by atomic mass is 9.78. The van der Waals surface area contributed by atoms with E-state index in [0.29, 0.717) is 25.0 Å². The summed E-state index contributed by atoms with van der Waals surface area (Å²) in [5.74, 6) is -5.93. The molecule has 9 N–H and O–H groups in total. The molecule has 28 heteroatoms. The van der Waals surface area contributed by atoms with Gasteiger partial charge in [0.25, 0.3) is 0 Å². The summed E-state index contributed by atoms with van der Waals surface area (Å²) in [5.41, 5.74) is -7.96. The monoisotopic (exact) mass is 1480 g/mol. The standard InChI is InChI=1S/C38H70N2O12.C37H66N2O12/c1-15-27-38(11,46)31(42)21(4)24(7)39-19(2)17-36(9,45)33(52-35-29(41)26(40(12)13)16-20(3)48-35)22(5)30(23(6)34(44)50-27)51-28-18-37(10,47-14)32(43)25(8)49-28;1-14-25-37(10,44)29(41)22(6)32-38-18(2)16-36(9,51-32)31(50-34-27(40)24(39(11)12)15-19(3)46-34)20(4)28(21(5)33(43)48-25)49-26-17-35(8,45-13)30(42)23(7)47-26/h19-23,25-33,35,41-43,45-46H,15-18H2,1-14H3;18-31,34,40-42,44H,14-17H2,1-13H3/t19-,20-,21+,22+,23-,25+,26+,27-,28+,29-,30+,31-,32+,33-,35+,36-,37-,38-;18-,19-,20+,21-,22-,23+,24+,25-,26+,27-,28+,29-,30+,31-,34+,35-,36-,37-/m11/s1. The Kier molecular flexibility index (Phi) is 30.7. The van der Waals surface area contributed by atoms with Crippen LogP contribution in [0, 0.1) is 35.5 Å². The molecular formula is C75H136N4O24. The van der Waals surface area contributed by atoms with Gasteiger partial charge in [-0.25, -0.2) is 0 Å². The Morgan fingerprint density at radius 1 is 0.495 bits per heavy atom. The Morgan fingerprint density at radius 3 is 1.26 bits per heavy atom. The number of hydrogen-bond acceptors (Lipinski definition) is 28. The van der Waals surface area contributed by atoms with E-state index < -0.39 is 198 Å². The van der Waals surface area contributed by atoms with Gasteiger partial charge in [0.1, 0.15) is 59.5 Å². The van der Waals surface area contributed by atoms with Crippen molar-refractivity contribution in [3.05, 3.63) is 0 Å². The summed E-state index contributed by atoms with van der Waals surface area (Å²) < 4.78 is 82.1. The molecule has 0 radical (unpaired) electrons. The van der Waals surface area contributed by atoms with Gasteiger partial charge in [0.2, 0.25) is 0 Å². The molecule has 36 atom stereocenters. The van der Waals surface area contributed by atoms with Crippen LogP contribution in [0.1, 0.15) is 197 Å². The molecule has 600 valence electrons. The van der Waals surface area contributed by atoms with Gasteiger partial charge in [-0.15, -0.1) is 0 Å². The van der Waals surface area contributed by atoms with E-state index in [9.17, 15) is 55.5 Å². The second-order valence-electron chi connectivity index (χ2n) is 33.3. The van der Waals surface area contributed by atoms with Gasteiger partial charge in [-0.1, -0.05) is 41.5 Å². The van der Waals surface area contributed by atoms with Crippen molar-refractivity contribution in [1.82, 2.24) is 9.80 Å². The van der Waals surface area contributed by atoms with Crippen LogP contribution in [0.4, 0.5) is 0 Å². The van der Waals surface area contributed by atoms with Crippen LogP contribution in [-0.4, -0.2) is 302 Å². The van der Waals surface area contributed by atoms with Crippen LogP contribution in [0.2, 0.25) is 0 Å². The van der Waals surface area contributed by atoms with Crippen LogP contribution in [0.25, 0.3) is 0 Å². The molecule has 28 nitrogen and oxygen atoms in total. The Balaban J connectivity index is 0.000000324. The fraction of sp³-hybridized carbons (Fsp3) is 0.947. The maximum Gasteiger partial charge on any atom is 0.311 e. The van der Waals surface area contributed by atoms with E-state index in [4.69, 9.17) is 71.6 Å². The lowest BCUT2D eigenvalue weighted by Crippen LogP contribution is -2.62. The third kappa shape index (κ3) is 20.1. The Hall–Kier alpha value is -2.76. The smallest absolute Gasteiger partial charge is 0.311 e. The molecular weight excluding hydrogens is 1340 g/mol. The van der Waals surface area contributed by atoms with Gasteiger partial charge in [-0.05, 0) is 158 Å². The van der Waals surface area contributed by atoms with Gasteiger partial charge in [0.15, 0.2) is 31.1 Å². The summed E-state index contributed by atoms with van der Waals surface area (Å²) in [4.78, 5) is 41.8. The second-order valence-corrected chi connectivity index (χ2v) is 33.3. The molecule has 0 unspecified atom stereocenters.